The van der Waals surface area contributed by atoms with E-state index < -0.39 is 0 Å². The van der Waals surface area contributed by atoms with Crippen molar-refractivity contribution >= 4 is 93.0 Å². The highest BCUT2D eigenvalue weighted by Gasteiger charge is 2.43. The normalized spacial score (nSPS) is 14.3. The molecule has 0 N–H and O–H groups in total. The summed E-state index contributed by atoms with van der Waals surface area (Å²) in [4.78, 5) is 2.57. The monoisotopic (exact) mass is 957 g/mol. The molecule has 0 amide bonds. The lowest BCUT2D eigenvalue weighted by atomic mass is 9.72. The van der Waals surface area contributed by atoms with Crippen LogP contribution in [-0.2, 0) is 10.8 Å². The summed E-state index contributed by atoms with van der Waals surface area (Å²) >= 11 is 0. The van der Waals surface area contributed by atoms with Gasteiger partial charge in [-0.3, -0.25) is 0 Å². The Balaban J connectivity index is 0.905. The number of rotatable bonds is 4. The fraction of sp³-hybridized carbons (Fsp3) is 0.0833. The van der Waals surface area contributed by atoms with Crippen LogP contribution in [-0.4, -0.2) is 9.13 Å². The van der Waals surface area contributed by atoms with Crippen LogP contribution in [0.4, 0.5) is 17.1 Å². The summed E-state index contributed by atoms with van der Waals surface area (Å²) in [7, 11) is 0. The Labute approximate surface area is 435 Å². The molecule has 0 saturated carbocycles. The lowest BCUT2D eigenvalue weighted by Crippen LogP contribution is -2.31. The molecule has 0 atom stereocenters. The van der Waals surface area contributed by atoms with Gasteiger partial charge in [-0.2, -0.15) is 0 Å². The molecule has 16 rings (SSSR count). The van der Waals surface area contributed by atoms with Crippen molar-refractivity contribution in [2.75, 3.05) is 4.90 Å². The van der Waals surface area contributed by atoms with E-state index >= 15 is 0 Å². The number of nitrogens with zero attached hydrogens (tertiary/aromatic N) is 3. The standard InChI is InChI=1S/C72H51N3/c1-71(2)61-28-16-18-30-69(61)75(70-43-63-57(42-64(70)71)56-40-54-51-25-13-11-23-49(51)50-24-12-14-26-52(50)55(54)41-62(56)72(63,3)4)48-33-36-68-60(39-48)59-38-45(32-35-67(59)74(68)47-21-9-6-10-22-47)44-31-34-66-58(37-44)53-27-15-17-29-65(53)73(66)46-19-7-5-8-20-46/h5-43H,1-4H3. The van der Waals surface area contributed by atoms with Crippen LogP contribution in [0.1, 0.15) is 49.9 Å². The van der Waals surface area contributed by atoms with E-state index in [9.17, 15) is 0 Å². The van der Waals surface area contributed by atoms with E-state index in [2.05, 4.69) is 278 Å². The van der Waals surface area contributed by atoms with Crippen LogP contribution in [0.25, 0.3) is 110 Å². The van der Waals surface area contributed by atoms with Crippen LogP contribution in [0.5, 0.6) is 0 Å². The predicted octanol–water partition coefficient (Wildman–Crippen LogP) is 19.4. The minimum absolute atomic E-state index is 0.240. The summed E-state index contributed by atoms with van der Waals surface area (Å²) in [5.41, 5.74) is 20.7. The second kappa shape index (κ2) is 15.2. The van der Waals surface area contributed by atoms with E-state index in [0.29, 0.717) is 0 Å². The molecule has 0 fully saturated rings. The van der Waals surface area contributed by atoms with Gasteiger partial charge in [-0.25, -0.2) is 0 Å². The third-order valence-electron chi connectivity index (χ3n) is 17.4. The Morgan fingerprint density at radius 2 is 0.693 bits per heavy atom. The first-order valence-electron chi connectivity index (χ1n) is 26.4. The second-order valence-corrected chi connectivity index (χ2v) is 22.1. The van der Waals surface area contributed by atoms with Crippen LogP contribution >= 0.6 is 0 Å². The number of hydrogen-bond donors (Lipinski definition) is 0. The van der Waals surface area contributed by atoms with Gasteiger partial charge in [0.15, 0.2) is 0 Å². The summed E-state index contributed by atoms with van der Waals surface area (Å²) in [5.74, 6) is 0. The maximum absolute atomic E-state index is 2.57. The van der Waals surface area contributed by atoms with Crippen molar-refractivity contribution in [3.63, 3.8) is 0 Å². The van der Waals surface area contributed by atoms with E-state index in [1.807, 2.05) is 0 Å². The summed E-state index contributed by atoms with van der Waals surface area (Å²) in [5, 5.41) is 12.8. The molecule has 3 nitrogen and oxygen atoms in total. The van der Waals surface area contributed by atoms with Gasteiger partial charge in [-0.1, -0.05) is 161 Å². The molecule has 3 heterocycles. The highest BCUT2D eigenvalue weighted by Crippen LogP contribution is 2.59. The minimum Gasteiger partial charge on any atom is -0.310 e. The van der Waals surface area contributed by atoms with Gasteiger partial charge >= 0.3 is 0 Å². The maximum Gasteiger partial charge on any atom is 0.0542 e. The van der Waals surface area contributed by atoms with Crippen molar-refractivity contribution in [2.24, 2.45) is 0 Å². The molecule has 0 radical (unpaired) electrons. The van der Waals surface area contributed by atoms with Gasteiger partial charge in [0.1, 0.15) is 0 Å². The molecule has 354 valence electrons. The number of aromatic nitrogens is 2. The molecule has 0 unspecified atom stereocenters. The molecule has 14 aromatic rings. The SMILES string of the molecule is CC1(C)c2cc3c(cc2-c2cc4c5ccccc5c5ccccc5c4cc21)C(C)(C)c1ccccc1N3c1ccc2c(c1)c1cc(-c3ccc4c(c3)c3ccccc3n4-c3ccccc3)ccc1n2-c1ccccc1. The van der Waals surface area contributed by atoms with Crippen LogP contribution in [0.3, 0.4) is 0 Å². The zero-order chi connectivity index (χ0) is 49.9. The molecule has 75 heavy (non-hydrogen) atoms. The van der Waals surface area contributed by atoms with Crippen LogP contribution in [0.2, 0.25) is 0 Å². The lowest BCUT2D eigenvalue weighted by Gasteiger charge is -2.43. The first-order valence-corrected chi connectivity index (χ1v) is 26.4. The smallest absolute Gasteiger partial charge is 0.0542 e. The lowest BCUT2D eigenvalue weighted by molar-refractivity contribution is 0.627. The van der Waals surface area contributed by atoms with Gasteiger partial charge < -0.3 is 14.0 Å². The van der Waals surface area contributed by atoms with E-state index in [1.54, 1.807) is 0 Å². The van der Waals surface area contributed by atoms with Gasteiger partial charge in [-0.05, 0) is 180 Å². The van der Waals surface area contributed by atoms with Gasteiger partial charge in [0.2, 0.25) is 0 Å². The molecule has 1 aliphatic carbocycles. The topological polar surface area (TPSA) is 13.1 Å². The molecule has 12 aromatic carbocycles. The third kappa shape index (κ3) is 5.81. The van der Waals surface area contributed by atoms with Crippen molar-refractivity contribution in [3.05, 3.63) is 259 Å². The first-order chi connectivity index (χ1) is 36.7. The quantitative estimate of drug-likeness (QED) is 0.160. The molecule has 0 saturated heterocycles. The molecule has 0 spiro atoms. The van der Waals surface area contributed by atoms with Crippen molar-refractivity contribution in [1.82, 2.24) is 9.13 Å². The van der Waals surface area contributed by atoms with Crippen molar-refractivity contribution < 1.29 is 0 Å². The fourth-order valence-corrected chi connectivity index (χ4v) is 13.8. The number of fused-ring (bicyclic) bond motifs is 17. The summed E-state index contributed by atoms with van der Waals surface area (Å²) < 4.78 is 4.84. The molecule has 2 aromatic heterocycles. The Bertz CT molecular complexity index is 4760. The van der Waals surface area contributed by atoms with Crippen molar-refractivity contribution in [3.8, 4) is 33.6 Å². The zero-order valence-electron chi connectivity index (χ0n) is 42.4. The molecule has 3 heteroatoms. The minimum atomic E-state index is -0.263. The van der Waals surface area contributed by atoms with Crippen LogP contribution in [0.15, 0.2) is 237 Å². The summed E-state index contributed by atoms with van der Waals surface area (Å²) in [6, 6.07) is 88.8. The number of benzene rings is 12. The van der Waals surface area contributed by atoms with Gasteiger partial charge in [0, 0.05) is 49.4 Å². The third-order valence-corrected chi connectivity index (χ3v) is 17.4. The fourth-order valence-electron chi connectivity index (χ4n) is 13.8. The Morgan fingerprint density at radius 1 is 0.253 bits per heavy atom. The maximum atomic E-state index is 2.57. The second-order valence-electron chi connectivity index (χ2n) is 22.1. The van der Waals surface area contributed by atoms with Gasteiger partial charge in [0.05, 0.1) is 33.4 Å². The largest absolute Gasteiger partial charge is 0.310 e. The van der Waals surface area contributed by atoms with Crippen LogP contribution < -0.4 is 4.90 Å². The summed E-state index contributed by atoms with van der Waals surface area (Å²) in [6.07, 6.45) is 0. The summed E-state index contributed by atoms with van der Waals surface area (Å²) in [6.45, 7) is 9.72. The Morgan fingerprint density at radius 3 is 1.32 bits per heavy atom. The molecule has 2 aliphatic rings. The molecular formula is C72H51N3. The Kier molecular flexibility index (Phi) is 8.58. The van der Waals surface area contributed by atoms with Gasteiger partial charge in [0.25, 0.3) is 0 Å². The van der Waals surface area contributed by atoms with E-state index in [-0.39, 0.29) is 10.8 Å². The highest BCUT2D eigenvalue weighted by molar-refractivity contribution is 6.26. The van der Waals surface area contributed by atoms with E-state index in [0.717, 1.165) is 11.4 Å². The number of anilines is 3. The number of para-hydroxylation sites is 4. The zero-order valence-corrected chi connectivity index (χ0v) is 42.4. The van der Waals surface area contributed by atoms with E-state index in [1.165, 1.54) is 137 Å². The number of hydrogen-bond acceptors (Lipinski definition) is 1. The molecule has 1 aliphatic heterocycles. The van der Waals surface area contributed by atoms with Crippen LogP contribution in [0, 0.1) is 0 Å². The molecular weight excluding hydrogens is 907 g/mol. The average Bonchev–Trinajstić information content (AvgIpc) is 4.17. The first kappa shape index (κ1) is 42.3. The Hall–Kier alpha value is -9.18. The average molecular weight is 958 g/mol. The predicted molar refractivity (Wildman–Crippen MR) is 317 cm³/mol. The molecule has 0 bridgehead atoms. The van der Waals surface area contributed by atoms with Gasteiger partial charge in [-0.15, -0.1) is 0 Å². The van der Waals surface area contributed by atoms with Crippen molar-refractivity contribution in [1.29, 1.82) is 0 Å². The van der Waals surface area contributed by atoms with E-state index in [4.69, 9.17) is 0 Å². The highest BCUT2D eigenvalue weighted by atomic mass is 15.2. The van der Waals surface area contributed by atoms with Crippen molar-refractivity contribution in [2.45, 2.75) is 38.5 Å².